The van der Waals surface area contributed by atoms with E-state index in [2.05, 4.69) is 43.4 Å². The lowest BCUT2D eigenvalue weighted by atomic mass is 9.99. The van der Waals surface area contributed by atoms with Crippen LogP contribution in [-0.4, -0.2) is 29.3 Å². The number of halogens is 2. The Hall–Kier alpha value is -2.82. The summed E-state index contributed by atoms with van der Waals surface area (Å²) in [5.74, 6) is 0.486. The molecule has 0 aliphatic carbocycles. The first-order valence-electron chi connectivity index (χ1n) is 13.3. The number of hydrogen-bond donors (Lipinski definition) is 1. The van der Waals surface area contributed by atoms with E-state index in [1.165, 1.54) is 5.56 Å². The molecule has 3 aromatic rings. The molecule has 0 aliphatic rings. The van der Waals surface area contributed by atoms with Gasteiger partial charge in [-0.3, -0.25) is 9.59 Å². The van der Waals surface area contributed by atoms with Crippen LogP contribution < -0.4 is 5.32 Å². The van der Waals surface area contributed by atoms with Gasteiger partial charge in [0.05, 0.1) is 0 Å². The van der Waals surface area contributed by atoms with Gasteiger partial charge in [0, 0.05) is 36.0 Å². The molecule has 202 valence electrons. The molecule has 0 radical (unpaired) electrons. The Labute approximate surface area is 237 Å². The van der Waals surface area contributed by atoms with Crippen LogP contribution >= 0.6 is 23.2 Å². The van der Waals surface area contributed by atoms with Crippen molar-refractivity contribution in [3.8, 4) is 0 Å². The third kappa shape index (κ3) is 8.89. The Morgan fingerprint density at radius 3 is 2.16 bits per heavy atom. The summed E-state index contributed by atoms with van der Waals surface area (Å²) in [7, 11) is 0. The van der Waals surface area contributed by atoms with Gasteiger partial charge in [-0.05, 0) is 52.6 Å². The van der Waals surface area contributed by atoms with Gasteiger partial charge in [0.15, 0.2) is 0 Å². The average molecular weight is 554 g/mol. The molecule has 6 heteroatoms. The van der Waals surface area contributed by atoms with Gasteiger partial charge in [0.2, 0.25) is 11.8 Å². The second-order valence-corrected chi connectivity index (χ2v) is 11.3. The van der Waals surface area contributed by atoms with E-state index in [1.807, 2.05) is 50.2 Å². The van der Waals surface area contributed by atoms with E-state index < -0.39 is 6.04 Å². The molecule has 1 N–H and O–H groups in total. The van der Waals surface area contributed by atoms with Gasteiger partial charge in [0.25, 0.3) is 0 Å². The molecule has 38 heavy (non-hydrogen) atoms. The maximum atomic E-state index is 13.8. The van der Waals surface area contributed by atoms with Crippen molar-refractivity contribution in [2.45, 2.75) is 65.5 Å². The Balaban J connectivity index is 1.90. The molecule has 2 amide bonds. The maximum absolute atomic E-state index is 13.8. The Morgan fingerprint density at radius 1 is 0.868 bits per heavy atom. The summed E-state index contributed by atoms with van der Waals surface area (Å²) in [4.78, 5) is 29.0. The van der Waals surface area contributed by atoms with Crippen LogP contribution in [0.25, 0.3) is 0 Å². The number of aryl methyl sites for hydroxylation is 1. The first kappa shape index (κ1) is 29.7. The molecule has 0 bridgehead atoms. The van der Waals surface area contributed by atoms with Crippen LogP contribution in [0, 0.1) is 5.92 Å². The fourth-order valence-corrected chi connectivity index (χ4v) is 4.74. The van der Waals surface area contributed by atoms with Crippen molar-refractivity contribution < 1.29 is 9.59 Å². The summed E-state index contributed by atoms with van der Waals surface area (Å²) in [6.07, 6.45) is 1.29. The Kier molecular flexibility index (Phi) is 11.2. The van der Waals surface area contributed by atoms with Crippen LogP contribution in [-0.2, 0) is 29.0 Å². The standard InChI is InChI=1S/C32H38Cl2N2O2/c1-22(2)20-35-32(38)30(18-25-8-6-5-7-9-25)36(21-27-15-16-28(33)19-29(27)34)31(37)17-12-24-10-13-26(14-11-24)23(3)4/h5-11,13-16,19,22-23,30H,12,17-18,20-21H2,1-4H3,(H,35,38). The molecule has 0 spiro atoms. The zero-order valence-corrected chi connectivity index (χ0v) is 24.2. The van der Waals surface area contributed by atoms with E-state index in [0.717, 1.165) is 16.7 Å². The highest BCUT2D eigenvalue weighted by molar-refractivity contribution is 6.35. The minimum Gasteiger partial charge on any atom is -0.354 e. The molecule has 1 unspecified atom stereocenters. The first-order valence-corrected chi connectivity index (χ1v) is 14.0. The molecule has 0 aromatic heterocycles. The molecule has 0 saturated carbocycles. The number of hydrogen-bond acceptors (Lipinski definition) is 2. The number of nitrogens with zero attached hydrogens (tertiary/aromatic N) is 1. The number of carbonyl (C=O) groups excluding carboxylic acids is 2. The lowest BCUT2D eigenvalue weighted by Gasteiger charge is -2.32. The smallest absolute Gasteiger partial charge is 0.243 e. The Morgan fingerprint density at radius 2 is 1.55 bits per heavy atom. The Bertz CT molecular complexity index is 1190. The monoisotopic (exact) mass is 552 g/mol. The largest absolute Gasteiger partial charge is 0.354 e. The molecular weight excluding hydrogens is 515 g/mol. The molecule has 4 nitrogen and oxygen atoms in total. The fourth-order valence-electron chi connectivity index (χ4n) is 4.27. The predicted octanol–water partition coefficient (Wildman–Crippen LogP) is 7.46. The van der Waals surface area contributed by atoms with E-state index in [-0.39, 0.29) is 24.8 Å². The number of amides is 2. The van der Waals surface area contributed by atoms with E-state index in [1.54, 1.807) is 17.0 Å². The van der Waals surface area contributed by atoms with Crippen molar-refractivity contribution in [2.24, 2.45) is 5.92 Å². The number of benzene rings is 3. The fraction of sp³-hybridized carbons (Fsp3) is 0.375. The predicted molar refractivity (Wildman–Crippen MR) is 158 cm³/mol. The summed E-state index contributed by atoms with van der Waals surface area (Å²) in [5, 5.41) is 4.05. The number of rotatable bonds is 12. The number of nitrogens with one attached hydrogen (secondary N) is 1. The SMILES string of the molecule is CC(C)CNC(=O)C(Cc1ccccc1)N(Cc1ccc(Cl)cc1Cl)C(=O)CCc1ccc(C(C)C)cc1. The third-order valence-electron chi connectivity index (χ3n) is 6.59. The van der Waals surface area contributed by atoms with E-state index >= 15 is 0 Å². The first-order chi connectivity index (χ1) is 18.1. The summed E-state index contributed by atoms with van der Waals surface area (Å²) in [5.41, 5.74) is 4.10. The summed E-state index contributed by atoms with van der Waals surface area (Å²) < 4.78 is 0. The van der Waals surface area contributed by atoms with Gasteiger partial charge in [-0.2, -0.15) is 0 Å². The molecule has 0 aliphatic heterocycles. The van der Waals surface area contributed by atoms with Gasteiger partial charge >= 0.3 is 0 Å². The minimum atomic E-state index is -0.682. The maximum Gasteiger partial charge on any atom is 0.243 e. The van der Waals surface area contributed by atoms with Crippen molar-refractivity contribution in [1.29, 1.82) is 0 Å². The quantitative estimate of drug-likeness (QED) is 0.253. The van der Waals surface area contributed by atoms with Gasteiger partial charge in [-0.15, -0.1) is 0 Å². The van der Waals surface area contributed by atoms with E-state index in [4.69, 9.17) is 23.2 Å². The lowest BCUT2D eigenvalue weighted by molar-refractivity contribution is -0.141. The minimum absolute atomic E-state index is 0.0930. The van der Waals surface area contributed by atoms with Crippen LogP contribution in [0.3, 0.4) is 0 Å². The van der Waals surface area contributed by atoms with Crippen LogP contribution in [0.1, 0.15) is 62.3 Å². The second-order valence-electron chi connectivity index (χ2n) is 10.5. The highest BCUT2D eigenvalue weighted by atomic mass is 35.5. The number of carbonyl (C=O) groups is 2. The van der Waals surface area contributed by atoms with Crippen molar-refractivity contribution in [3.63, 3.8) is 0 Å². The van der Waals surface area contributed by atoms with Crippen LogP contribution in [0.5, 0.6) is 0 Å². The summed E-state index contributed by atoms with van der Waals surface area (Å²) >= 11 is 12.6. The van der Waals surface area contributed by atoms with Gasteiger partial charge < -0.3 is 10.2 Å². The normalized spacial score (nSPS) is 12.0. The van der Waals surface area contributed by atoms with Crippen LogP contribution in [0.15, 0.2) is 72.8 Å². The van der Waals surface area contributed by atoms with Crippen molar-refractivity contribution in [3.05, 3.63) is 105 Å². The highest BCUT2D eigenvalue weighted by Gasteiger charge is 2.30. The topological polar surface area (TPSA) is 49.4 Å². The van der Waals surface area contributed by atoms with Crippen LogP contribution in [0.4, 0.5) is 0 Å². The lowest BCUT2D eigenvalue weighted by Crippen LogP contribution is -2.51. The van der Waals surface area contributed by atoms with Crippen molar-refractivity contribution in [1.82, 2.24) is 10.2 Å². The molecular formula is C32H38Cl2N2O2. The molecule has 0 fully saturated rings. The van der Waals surface area contributed by atoms with Crippen molar-refractivity contribution in [2.75, 3.05) is 6.54 Å². The van der Waals surface area contributed by atoms with Crippen molar-refractivity contribution >= 4 is 35.0 Å². The zero-order valence-electron chi connectivity index (χ0n) is 22.7. The van der Waals surface area contributed by atoms with Gasteiger partial charge in [-0.25, -0.2) is 0 Å². The summed E-state index contributed by atoms with van der Waals surface area (Å²) in [6.45, 7) is 9.18. The molecule has 3 rings (SSSR count). The molecule has 0 heterocycles. The zero-order chi connectivity index (χ0) is 27.7. The third-order valence-corrected chi connectivity index (χ3v) is 7.17. The molecule has 0 saturated heterocycles. The molecule has 1 atom stereocenters. The molecule has 3 aromatic carbocycles. The van der Waals surface area contributed by atoms with E-state index in [9.17, 15) is 9.59 Å². The van der Waals surface area contributed by atoms with E-state index in [0.29, 0.717) is 41.3 Å². The second kappa shape index (κ2) is 14.4. The summed E-state index contributed by atoms with van der Waals surface area (Å²) in [6, 6.07) is 22.8. The van der Waals surface area contributed by atoms with Gasteiger partial charge in [0.1, 0.15) is 6.04 Å². The highest BCUT2D eigenvalue weighted by Crippen LogP contribution is 2.25. The van der Waals surface area contributed by atoms with Crippen LogP contribution in [0.2, 0.25) is 10.0 Å². The van der Waals surface area contributed by atoms with Gasteiger partial charge in [-0.1, -0.05) is 112 Å². The average Bonchev–Trinajstić information content (AvgIpc) is 2.89.